The standard InChI is InChI=1S/C12H11F2IO7S/c1-11(2,15)9(16)21-7-3-5-8(6-4-7)22-10(17)12(13,14)23(18,19)20/h3-6H,1-2H3,(H,18,19,20). The molecule has 0 bridgehead atoms. The average Bonchev–Trinajstić information content (AvgIpc) is 2.38. The average molecular weight is 464 g/mol. The Bertz CT molecular complexity index is 708. The molecule has 0 radical (unpaired) electrons. The first-order valence-electron chi connectivity index (χ1n) is 5.83. The molecule has 128 valence electrons. The van der Waals surface area contributed by atoms with Crippen LogP contribution in [0.4, 0.5) is 8.78 Å². The number of carbonyl (C=O) groups excluding carboxylic acids is 2. The van der Waals surface area contributed by atoms with Crippen LogP contribution in [0.25, 0.3) is 0 Å². The minimum atomic E-state index is -5.94. The maximum Gasteiger partial charge on any atom is 0.466 e. The Morgan fingerprint density at radius 2 is 1.39 bits per heavy atom. The van der Waals surface area contributed by atoms with Gasteiger partial charge in [-0.3, -0.25) is 9.35 Å². The second-order valence-electron chi connectivity index (χ2n) is 4.71. The van der Waals surface area contributed by atoms with Gasteiger partial charge < -0.3 is 9.47 Å². The number of ether oxygens (including phenoxy) is 2. The topological polar surface area (TPSA) is 107 Å². The summed E-state index contributed by atoms with van der Waals surface area (Å²) in [6.07, 6.45) is 0. The van der Waals surface area contributed by atoms with Crippen molar-refractivity contribution in [2.45, 2.75) is 22.5 Å². The summed E-state index contributed by atoms with van der Waals surface area (Å²) in [5.74, 6) is -3.37. The summed E-state index contributed by atoms with van der Waals surface area (Å²) in [6.45, 7) is 3.23. The lowest BCUT2D eigenvalue weighted by Crippen LogP contribution is -2.40. The van der Waals surface area contributed by atoms with E-state index >= 15 is 0 Å². The predicted molar refractivity (Wildman–Crippen MR) is 82.3 cm³/mol. The number of esters is 2. The molecule has 11 heteroatoms. The fourth-order valence-electron chi connectivity index (χ4n) is 1.08. The van der Waals surface area contributed by atoms with Crippen LogP contribution in [0.2, 0.25) is 0 Å². The van der Waals surface area contributed by atoms with Crippen LogP contribution in [0.5, 0.6) is 11.5 Å². The van der Waals surface area contributed by atoms with E-state index in [1.165, 1.54) is 0 Å². The molecule has 0 saturated heterocycles. The Morgan fingerprint density at radius 1 is 1.04 bits per heavy atom. The molecule has 0 heterocycles. The van der Waals surface area contributed by atoms with E-state index in [9.17, 15) is 26.8 Å². The van der Waals surface area contributed by atoms with Gasteiger partial charge in [0.2, 0.25) is 0 Å². The monoisotopic (exact) mass is 464 g/mol. The molecule has 7 nitrogen and oxygen atoms in total. The van der Waals surface area contributed by atoms with Gasteiger partial charge in [0.25, 0.3) is 0 Å². The Kier molecular flexibility index (Phi) is 5.70. The highest BCUT2D eigenvalue weighted by molar-refractivity contribution is 14.1. The van der Waals surface area contributed by atoms with Crippen molar-refractivity contribution >= 4 is 44.6 Å². The lowest BCUT2D eigenvalue weighted by Gasteiger charge is -2.15. The number of hydrogen-bond acceptors (Lipinski definition) is 6. The lowest BCUT2D eigenvalue weighted by molar-refractivity contribution is -0.151. The summed E-state index contributed by atoms with van der Waals surface area (Å²) in [4.78, 5) is 22.7. The molecular weight excluding hydrogens is 453 g/mol. The molecule has 1 aromatic rings. The van der Waals surface area contributed by atoms with Crippen molar-refractivity contribution in [1.82, 2.24) is 0 Å². The molecule has 1 N–H and O–H groups in total. The molecule has 0 unspecified atom stereocenters. The molecule has 0 aliphatic carbocycles. The van der Waals surface area contributed by atoms with Gasteiger partial charge >= 0.3 is 27.3 Å². The van der Waals surface area contributed by atoms with Crippen LogP contribution in [-0.4, -0.2) is 33.6 Å². The third-order valence-electron chi connectivity index (χ3n) is 2.29. The zero-order valence-electron chi connectivity index (χ0n) is 11.7. The number of rotatable bonds is 5. The van der Waals surface area contributed by atoms with Crippen LogP contribution < -0.4 is 9.47 Å². The summed E-state index contributed by atoms with van der Waals surface area (Å²) in [5, 5.41) is -5.09. The summed E-state index contributed by atoms with van der Waals surface area (Å²) in [6, 6.07) is 4.35. The molecule has 0 aliphatic heterocycles. The van der Waals surface area contributed by atoms with Crippen LogP contribution in [0.15, 0.2) is 24.3 Å². The molecule has 0 amide bonds. The van der Waals surface area contributed by atoms with Gasteiger partial charge in [0.1, 0.15) is 14.9 Å². The highest BCUT2D eigenvalue weighted by Gasteiger charge is 2.54. The summed E-state index contributed by atoms with van der Waals surface area (Å²) in [7, 11) is -5.94. The predicted octanol–water partition coefficient (Wildman–Crippen LogP) is 2.19. The molecular formula is C12H11F2IO7S. The van der Waals surface area contributed by atoms with E-state index in [1.807, 2.05) is 22.6 Å². The highest BCUT2D eigenvalue weighted by Crippen LogP contribution is 2.26. The largest absolute Gasteiger partial charge is 0.466 e. The maximum atomic E-state index is 13.0. The Morgan fingerprint density at radius 3 is 1.70 bits per heavy atom. The van der Waals surface area contributed by atoms with E-state index < -0.39 is 36.5 Å². The maximum absolute atomic E-state index is 13.0. The minimum Gasteiger partial charge on any atom is -0.426 e. The number of hydrogen-bond donors (Lipinski definition) is 1. The first-order chi connectivity index (χ1) is 10.2. The highest BCUT2D eigenvalue weighted by atomic mass is 127. The number of alkyl halides is 3. The van der Waals surface area contributed by atoms with Crippen molar-refractivity contribution in [2.75, 3.05) is 0 Å². The van der Waals surface area contributed by atoms with Gasteiger partial charge in [0, 0.05) is 0 Å². The molecule has 0 atom stereocenters. The molecule has 1 rings (SSSR count). The first kappa shape index (κ1) is 19.7. The van der Waals surface area contributed by atoms with Gasteiger partial charge in [-0.2, -0.15) is 17.2 Å². The van der Waals surface area contributed by atoms with Crippen LogP contribution in [0.1, 0.15) is 13.8 Å². The van der Waals surface area contributed by atoms with E-state index in [0.29, 0.717) is 0 Å². The molecule has 1 aromatic carbocycles. The van der Waals surface area contributed by atoms with Crippen molar-refractivity contribution in [1.29, 1.82) is 0 Å². The quantitative estimate of drug-likeness (QED) is 0.234. The molecule has 0 saturated carbocycles. The van der Waals surface area contributed by atoms with Gasteiger partial charge in [-0.15, -0.1) is 0 Å². The van der Waals surface area contributed by atoms with Crippen molar-refractivity contribution in [3.05, 3.63) is 24.3 Å². The van der Waals surface area contributed by atoms with E-state index in [0.717, 1.165) is 24.3 Å². The van der Waals surface area contributed by atoms with Crippen LogP contribution in [0, 0.1) is 0 Å². The fraction of sp³-hybridized carbons (Fsp3) is 0.333. The molecule has 0 aliphatic rings. The third-order valence-corrected chi connectivity index (χ3v) is 3.55. The van der Waals surface area contributed by atoms with Gasteiger partial charge in [0.15, 0.2) is 0 Å². The summed E-state index contributed by atoms with van der Waals surface area (Å²) < 4.78 is 63.5. The lowest BCUT2D eigenvalue weighted by atomic mass is 10.2. The van der Waals surface area contributed by atoms with Crippen molar-refractivity contribution < 1.29 is 40.8 Å². The number of halogens is 3. The normalized spacial score (nSPS) is 12.6. The zero-order chi connectivity index (χ0) is 18.1. The van der Waals surface area contributed by atoms with Crippen LogP contribution >= 0.6 is 22.6 Å². The van der Waals surface area contributed by atoms with Gasteiger partial charge in [-0.25, -0.2) is 4.79 Å². The second kappa shape index (κ2) is 6.65. The van der Waals surface area contributed by atoms with Gasteiger partial charge in [0.05, 0.1) is 0 Å². The van der Waals surface area contributed by atoms with Crippen LogP contribution in [0.3, 0.4) is 0 Å². The third kappa shape index (κ3) is 5.07. The van der Waals surface area contributed by atoms with Crippen molar-refractivity contribution in [3.8, 4) is 11.5 Å². The smallest absolute Gasteiger partial charge is 0.426 e. The van der Waals surface area contributed by atoms with E-state index in [2.05, 4.69) is 4.74 Å². The minimum absolute atomic E-state index is 0.0704. The molecule has 0 fully saturated rings. The number of benzene rings is 1. The zero-order valence-corrected chi connectivity index (χ0v) is 14.7. The van der Waals surface area contributed by atoms with Crippen molar-refractivity contribution in [2.24, 2.45) is 0 Å². The SMILES string of the molecule is CC(C)(I)C(=O)Oc1ccc(OC(=O)C(F)(F)S(=O)(=O)O)cc1. The second-order valence-corrected chi connectivity index (χ2v) is 8.87. The van der Waals surface area contributed by atoms with Gasteiger partial charge in [-0.1, -0.05) is 22.6 Å². The Hall–Kier alpha value is -1.34. The summed E-state index contributed by atoms with van der Waals surface area (Å²) >= 11 is 1.86. The molecule has 0 spiro atoms. The first-order valence-corrected chi connectivity index (χ1v) is 8.35. The van der Waals surface area contributed by atoms with Crippen LogP contribution in [-0.2, 0) is 19.7 Å². The molecule has 0 aromatic heterocycles. The summed E-state index contributed by atoms with van der Waals surface area (Å²) in [5.41, 5.74) is 0. The van der Waals surface area contributed by atoms with E-state index in [4.69, 9.17) is 9.29 Å². The Balaban J connectivity index is 2.83. The van der Waals surface area contributed by atoms with Gasteiger partial charge in [-0.05, 0) is 38.1 Å². The number of carbonyl (C=O) groups is 2. The van der Waals surface area contributed by atoms with E-state index in [-0.39, 0.29) is 5.75 Å². The van der Waals surface area contributed by atoms with E-state index in [1.54, 1.807) is 13.8 Å². The van der Waals surface area contributed by atoms with Crippen molar-refractivity contribution in [3.63, 3.8) is 0 Å². The fourth-order valence-corrected chi connectivity index (χ4v) is 1.44. The molecule has 23 heavy (non-hydrogen) atoms. The Labute approximate surface area is 143 Å².